The lowest BCUT2D eigenvalue weighted by Crippen LogP contribution is -2.50. The van der Waals surface area contributed by atoms with E-state index >= 15 is 0 Å². The molecule has 3 heterocycles. The highest BCUT2D eigenvalue weighted by Gasteiger charge is 2.42. The fourth-order valence-electron chi connectivity index (χ4n) is 4.75. The summed E-state index contributed by atoms with van der Waals surface area (Å²) in [4.78, 5) is 28.7. The van der Waals surface area contributed by atoms with Gasteiger partial charge in [-0.2, -0.15) is 5.10 Å². The summed E-state index contributed by atoms with van der Waals surface area (Å²) in [6, 6.07) is 6.31. The minimum absolute atomic E-state index is 0.0199. The van der Waals surface area contributed by atoms with Crippen molar-refractivity contribution in [1.29, 1.82) is 0 Å². The molecule has 9 nitrogen and oxygen atoms in total. The van der Waals surface area contributed by atoms with Gasteiger partial charge in [-0.05, 0) is 71.8 Å². The zero-order valence-corrected chi connectivity index (χ0v) is 22.2. The Labute approximate surface area is 220 Å². The van der Waals surface area contributed by atoms with Crippen molar-refractivity contribution in [2.24, 2.45) is 11.1 Å². The predicted molar refractivity (Wildman–Crippen MR) is 135 cm³/mol. The highest BCUT2D eigenvalue weighted by molar-refractivity contribution is 9.10. The van der Waals surface area contributed by atoms with E-state index in [0.717, 1.165) is 19.8 Å². The Bertz CT molecular complexity index is 1320. The van der Waals surface area contributed by atoms with Gasteiger partial charge in [0.25, 0.3) is 17.7 Å². The van der Waals surface area contributed by atoms with Crippen molar-refractivity contribution in [2.45, 2.75) is 58.1 Å². The maximum atomic E-state index is 13.1. The van der Waals surface area contributed by atoms with E-state index in [9.17, 15) is 18.4 Å². The zero-order chi connectivity index (χ0) is 27.0. The molecule has 1 saturated carbocycles. The van der Waals surface area contributed by atoms with Gasteiger partial charge in [0, 0.05) is 19.2 Å². The Balaban J connectivity index is 1.34. The molecule has 3 aromatic rings. The monoisotopic (exact) mass is 579 g/mol. The largest absolute Gasteiger partial charge is 0.484 e. The molecule has 0 bridgehead atoms. The number of hydrogen-bond donors (Lipinski definition) is 2. The van der Waals surface area contributed by atoms with Gasteiger partial charge in [0.1, 0.15) is 10.2 Å². The number of primary amides is 1. The second kappa shape index (κ2) is 10.2. The first kappa shape index (κ1) is 26.8. The molecule has 3 N–H and O–H groups in total. The van der Waals surface area contributed by atoms with Gasteiger partial charge in [0.15, 0.2) is 12.4 Å². The molecule has 198 valence electrons. The highest BCUT2D eigenvalue weighted by atomic mass is 79.9. The van der Waals surface area contributed by atoms with Crippen molar-refractivity contribution in [3.05, 3.63) is 52.4 Å². The third-order valence-electron chi connectivity index (χ3n) is 6.26. The fourth-order valence-corrected chi connectivity index (χ4v) is 5.28. The fraction of sp³-hybridized carbons (Fsp3) is 0.440. The number of rotatable bonds is 10. The molecule has 0 radical (unpaired) electrons. The number of halogens is 3. The van der Waals surface area contributed by atoms with Gasteiger partial charge in [0.2, 0.25) is 5.88 Å². The van der Waals surface area contributed by atoms with Gasteiger partial charge in [-0.3, -0.25) is 9.59 Å². The normalized spacial score (nSPS) is 20.2. The molecule has 2 amide bonds. The van der Waals surface area contributed by atoms with Crippen molar-refractivity contribution in [3.8, 4) is 11.6 Å². The summed E-state index contributed by atoms with van der Waals surface area (Å²) in [7, 11) is 0. The van der Waals surface area contributed by atoms with Gasteiger partial charge in [0.05, 0.1) is 23.4 Å². The lowest BCUT2D eigenvalue weighted by Gasteiger charge is -2.46. The number of carbonyl (C=O) groups excluding carboxylic acids is 2. The topological polar surface area (TPSA) is 121 Å². The number of hydrogen-bond acceptors (Lipinski definition) is 6. The number of nitrogens with zero attached hydrogens (tertiary/aromatic N) is 3. The van der Waals surface area contributed by atoms with Crippen LogP contribution in [0.3, 0.4) is 0 Å². The van der Waals surface area contributed by atoms with Gasteiger partial charge in [-0.15, -0.1) is 0 Å². The highest BCUT2D eigenvalue weighted by Crippen LogP contribution is 2.45. The summed E-state index contributed by atoms with van der Waals surface area (Å²) in [6.45, 7) is 4.03. The maximum Gasteiger partial charge on any atom is 0.278 e. The molecule has 0 unspecified atom stereocenters. The Morgan fingerprint density at radius 2 is 2.05 bits per heavy atom. The number of amides is 2. The lowest BCUT2D eigenvalue weighted by atomic mass is 9.64. The smallest absolute Gasteiger partial charge is 0.278 e. The van der Waals surface area contributed by atoms with Crippen LogP contribution in [0.15, 0.2) is 41.3 Å². The Hall–Kier alpha value is -3.28. The van der Waals surface area contributed by atoms with Crippen LogP contribution in [-0.4, -0.2) is 51.1 Å². The van der Waals surface area contributed by atoms with E-state index in [4.69, 9.17) is 15.2 Å². The van der Waals surface area contributed by atoms with Crippen molar-refractivity contribution >= 4 is 33.3 Å². The number of nitrogens with two attached hydrogens (primary N) is 1. The Kier molecular flexibility index (Phi) is 7.40. The number of pyridine rings is 2. The molecule has 1 aliphatic carbocycles. The number of carbonyl (C=O) groups is 2. The third kappa shape index (κ3) is 6.17. The first-order chi connectivity index (χ1) is 17.3. The summed E-state index contributed by atoms with van der Waals surface area (Å²) >= 11 is 3.32. The molecule has 0 saturated heterocycles. The van der Waals surface area contributed by atoms with Gasteiger partial charge in [-0.1, -0.05) is 6.92 Å². The minimum Gasteiger partial charge on any atom is -0.484 e. The molecule has 3 aromatic heterocycles. The molecule has 0 spiro atoms. The third-order valence-corrected chi connectivity index (χ3v) is 6.98. The molecule has 4 rings (SSSR count). The van der Waals surface area contributed by atoms with Crippen LogP contribution in [0.4, 0.5) is 8.78 Å². The first-order valence-electron chi connectivity index (χ1n) is 11.7. The van der Waals surface area contributed by atoms with Crippen molar-refractivity contribution in [1.82, 2.24) is 19.9 Å². The average molecular weight is 580 g/mol. The van der Waals surface area contributed by atoms with Crippen LogP contribution >= 0.6 is 15.9 Å². The number of aromatic nitrogens is 3. The van der Waals surface area contributed by atoms with Crippen LogP contribution in [0.5, 0.6) is 11.6 Å². The van der Waals surface area contributed by atoms with Gasteiger partial charge >= 0.3 is 0 Å². The first-order valence-corrected chi connectivity index (χ1v) is 12.5. The zero-order valence-electron chi connectivity index (χ0n) is 20.6. The molecule has 1 aliphatic rings. The van der Waals surface area contributed by atoms with E-state index in [1.165, 1.54) is 16.8 Å². The van der Waals surface area contributed by atoms with Crippen LogP contribution in [0.25, 0.3) is 5.52 Å². The van der Waals surface area contributed by atoms with Crippen molar-refractivity contribution < 1.29 is 27.8 Å². The quantitative estimate of drug-likeness (QED) is 0.344. The molecule has 0 aromatic carbocycles. The SMILES string of the molecule is C[C@@H](CC1(C)CC(NC(=O)c2cnn3c(Br)c(OCC(C)(F)F)ccc23)C1)Oc1ncccc1C(N)=O. The van der Waals surface area contributed by atoms with E-state index in [-0.39, 0.29) is 40.7 Å². The van der Waals surface area contributed by atoms with E-state index in [1.54, 1.807) is 24.4 Å². The van der Waals surface area contributed by atoms with Crippen LogP contribution < -0.4 is 20.5 Å². The number of alkyl halides is 2. The molecule has 1 fully saturated rings. The average Bonchev–Trinajstić information content (AvgIpc) is 3.22. The molecule has 12 heteroatoms. The summed E-state index contributed by atoms with van der Waals surface area (Å²) in [6.07, 6.45) is 4.98. The van der Waals surface area contributed by atoms with Crippen LogP contribution in [0.2, 0.25) is 0 Å². The van der Waals surface area contributed by atoms with Crippen LogP contribution in [0, 0.1) is 5.41 Å². The van der Waals surface area contributed by atoms with Crippen molar-refractivity contribution in [2.75, 3.05) is 6.61 Å². The summed E-state index contributed by atoms with van der Waals surface area (Å²) in [5.41, 5.74) is 6.46. The minimum atomic E-state index is -2.98. The van der Waals surface area contributed by atoms with Crippen LogP contribution in [0.1, 0.15) is 60.7 Å². The maximum absolute atomic E-state index is 13.1. The van der Waals surface area contributed by atoms with E-state index < -0.39 is 18.4 Å². The summed E-state index contributed by atoms with van der Waals surface area (Å²) < 4.78 is 39.1. The number of fused-ring (bicyclic) bond motifs is 1. The Morgan fingerprint density at radius 3 is 2.73 bits per heavy atom. The molecule has 1 atom stereocenters. The molecule has 37 heavy (non-hydrogen) atoms. The summed E-state index contributed by atoms with van der Waals surface area (Å²) in [5, 5.41) is 7.25. The van der Waals surface area contributed by atoms with E-state index in [1.807, 2.05) is 6.92 Å². The molecule has 0 aliphatic heterocycles. The van der Waals surface area contributed by atoms with E-state index in [2.05, 4.69) is 38.3 Å². The second-order valence-corrected chi connectivity index (χ2v) is 10.7. The Morgan fingerprint density at radius 1 is 1.32 bits per heavy atom. The molecular weight excluding hydrogens is 552 g/mol. The van der Waals surface area contributed by atoms with Gasteiger partial charge in [-0.25, -0.2) is 18.3 Å². The van der Waals surface area contributed by atoms with Crippen LogP contribution in [-0.2, 0) is 0 Å². The predicted octanol–water partition coefficient (Wildman–Crippen LogP) is 4.38. The lowest BCUT2D eigenvalue weighted by molar-refractivity contribution is -0.0233. The van der Waals surface area contributed by atoms with Gasteiger partial charge < -0.3 is 20.5 Å². The van der Waals surface area contributed by atoms with E-state index in [0.29, 0.717) is 22.1 Å². The summed E-state index contributed by atoms with van der Waals surface area (Å²) in [5.74, 6) is -3.43. The number of nitrogens with one attached hydrogen (secondary N) is 1. The standard InChI is InChI=1S/C25H28BrF2N5O4/c1-14(37-23-16(21(29)34)5-4-8-30-23)9-24(2)10-15(11-24)32-22(35)17-12-31-33-18(17)6-7-19(20(33)26)36-13-25(3,27)28/h4-8,12,14-15H,9-11,13H2,1-3H3,(H2,29,34)(H,32,35)/t14-,15?,24?/m0/s1. The second-order valence-electron chi connectivity index (χ2n) is 9.94. The van der Waals surface area contributed by atoms with Crippen molar-refractivity contribution in [3.63, 3.8) is 0 Å². The number of ether oxygens (including phenoxy) is 2. The molecular formula is C25H28BrF2N5O4.